The number of aliphatic hydroxyl groups is 1. The molecule has 0 saturated carbocycles. The Hall–Kier alpha value is -1.55. The normalized spacial score (nSPS) is 9.18. The molecule has 0 spiro atoms. The summed E-state index contributed by atoms with van der Waals surface area (Å²) in [5, 5.41) is 17.0. The number of phenols is 1. The molecule has 96 valence electrons. The highest BCUT2D eigenvalue weighted by Crippen LogP contribution is 2.17. The number of hydrogen-bond acceptors (Lipinski definition) is 3. The lowest BCUT2D eigenvalue weighted by atomic mass is 10.2. The quantitative estimate of drug-likeness (QED) is 0.846. The zero-order valence-corrected chi connectivity index (χ0v) is 10.7. The first-order valence-corrected chi connectivity index (χ1v) is 5.80. The lowest BCUT2D eigenvalue weighted by Crippen LogP contribution is -2.30. The lowest BCUT2D eigenvalue weighted by Gasteiger charge is -2.18. The van der Waals surface area contributed by atoms with Gasteiger partial charge < -0.3 is 15.1 Å². The Kier molecular flexibility index (Phi) is 7.80. The molecule has 2 N–H and O–H groups in total. The maximum Gasteiger partial charge on any atom is 0.257 e. The predicted octanol–water partition coefficient (Wildman–Crippen LogP) is 1.87. The second-order valence-electron chi connectivity index (χ2n) is 3.31. The summed E-state index contributed by atoms with van der Waals surface area (Å²) >= 11 is 0. The third-order valence-corrected chi connectivity index (χ3v) is 2.19. The zero-order valence-electron chi connectivity index (χ0n) is 10.7. The van der Waals surface area contributed by atoms with Crippen molar-refractivity contribution in [1.29, 1.82) is 0 Å². The Morgan fingerprint density at radius 3 is 2.06 bits per heavy atom. The molecule has 0 saturated heterocycles. The molecule has 0 fully saturated rings. The average molecular weight is 239 g/mol. The topological polar surface area (TPSA) is 60.8 Å². The van der Waals surface area contributed by atoms with E-state index in [1.807, 2.05) is 13.8 Å². The largest absolute Gasteiger partial charge is 0.507 e. The van der Waals surface area contributed by atoms with Gasteiger partial charge in [-0.1, -0.05) is 12.1 Å². The van der Waals surface area contributed by atoms with E-state index in [2.05, 4.69) is 0 Å². The molecule has 0 atom stereocenters. The molecule has 0 radical (unpaired) electrons. The minimum Gasteiger partial charge on any atom is -0.507 e. The van der Waals surface area contributed by atoms with Gasteiger partial charge in [0.05, 0.1) is 5.56 Å². The number of amides is 1. The van der Waals surface area contributed by atoms with E-state index in [1.165, 1.54) is 6.07 Å². The molecule has 0 aromatic heterocycles. The van der Waals surface area contributed by atoms with Gasteiger partial charge in [0.25, 0.3) is 5.91 Å². The molecule has 1 amide bonds. The average Bonchev–Trinajstić information content (AvgIpc) is 2.32. The number of para-hydroxylation sites is 1. The second kappa shape index (κ2) is 8.58. The lowest BCUT2D eigenvalue weighted by molar-refractivity contribution is 0.0770. The molecule has 0 aliphatic rings. The molecule has 0 unspecified atom stereocenters. The van der Waals surface area contributed by atoms with Gasteiger partial charge in [0.2, 0.25) is 0 Å². The van der Waals surface area contributed by atoms with Crippen molar-refractivity contribution >= 4 is 5.91 Å². The smallest absolute Gasteiger partial charge is 0.257 e. The van der Waals surface area contributed by atoms with Crippen molar-refractivity contribution in [3.63, 3.8) is 0 Å². The first-order chi connectivity index (χ1) is 8.12. The van der Waals surface area contributed by atoms with Crippen LogP contribution in [0.15, 0.2) is 24.3 Å². The van der Waals surface area contributed by atoms with Crippen molar-refractivity contribution in [2.75, 3.05) is 19.7 Å². The number of hydrogen-bond donors (Lipinski definition) is 2. The van der Waals surface area contributed by atoms with Crippen molar-refractivity contribution in [3.8, 4) is 5.75 Å². The summed E-state index contributed by atoms with van der Waals surface area (Å²) in [4.78, 5) is 13.5. The van der Waals surface area contributed by atoms with E-state index in [9.17, 15) is 9.90 Å². The van der Waals surface area contributed by atoms with Crippen molar-refractivity contribution in [3.05, 3.63) is 29.8 Å². The van der Waals surface area contributed by atoms with Gasteiger partial charge in [-0.2, -0.15) is 0 Å². The van der Waals surface area contributed by atoms with Crippen molar-refractivity contribution in [2.45, 2.75) is 20.8 Å². The molecule has 1 rings (SSSR count). The number of benzene rings is 1. The summed E-state index contributed by atoms with van der Waals surface area (Å²) in [5.74, 6) is -0.0718. The summed E-state index contributed by atoms with van der Waals surface area (Å²) in [6.07, 6.45) is 0. The van der Waals surface area contributed by atoms with Crippen LogP contribution in [0.5, 0.6) is 5.75 Å². The molecule has 1 aromatic rings. The maximum atomic E-state index is 11.8. The fraction of sp³-hybridized carbons (Fsp3) is 0.462. The summed E-state index contributed by atoms with van der Waals surface area (Å²) < 4.78 is 0. The van der Waals surface area contributed by atoms with Crippen LogP contribution in [-0.2, 0) is 0 Å². The molecular formula is C13H21NO3. The molecule has 4 heteroatoms. The number of nitrogens with zero attached hydrogens (tertiary/aromatic N) is 1. The highest BCUT2D eigenvalue weighted by molar-refractivity contribution is 5.96. The number of aliphatic hydroxyl groups excluding tert-OH is 1. The third-order valence-electron chi connectivity index (χ3n) is 2.19. The molecule has 0 aliphatic carbocycles. The third kappa shape index (κ3) is 4.87. The van der Waals surface area contributed by atoms with E-state index < -0.39 is 0 Å². The number of carbonyl (C=O) groups is 1. The second-order valence-corrected chi connectivity index (χ2v) is 3.31. The van der Waals surface area contributed by atoms with E-state index in [-0.39, 0.29) is 18.3 Å². The van der Waals surface area contributed by atoms with E-state index in [0.29, 0.717) is 18.7 Å². The van der Waals surface area contributed by atoms with Crippen LogP contribution in [0.1, 0.15) is 31.1 Å². The molecule has 17 heavy (non-hydrogen) atoms. The predicted molar refractivity (Wildman–Crippen MR) is 68.1 cm³/mol. The summed E-state index contributed by atoms with van der Waals surface area (Å²) in [5.41, 5.74) is 0.371. The van der Waals surface area contributed by atoms with Gasteiger partial charge in [0.1, 0.15) is 5.75 Å². The van der Waals surface area contributed by atoms with Crippen molar-refractivity contribution in [2.24, 2.45) is 0 Å². The fourth-order valence-electron chi connectivity index (χ4n) is 1.34. The number of rotatable bonds is 3. The highest BCUT2D eigenvalue weighted by atomic mass is 16.3. The molecule has 1 aromatic carbocycles. The Bertz CT molecular complexity index is 335. The molecular weight excluding hydrogens is 218 g/mol. The minimum absolute atomic E-state index is 0.0457. The fourth-order valence-corrected chi connectivity index (χ4v) is 1.34. The SMILES string of the molecule is CCN(CC)C(=O)c1ccccc1O.CCO. The van der Waals surface area contributed by atoms with Crippen LogP contribution in [0.25, 0.3) is 0 Å². The van der Waals surface area contributed by atoms with E-state index >= 15 is 0 Å². The molecule has 0 heterocycles. The Balaban J connectivity index is 0.000000770. The Labute approximate surface area is 103 Å². The number of aromatic hydroxyl groups is 1. The first kappa shape index (κ1) is 15.4. The zero-order chi connectivity index (χ0) is 13.3. The van der Waals surface area contributed by atoms with Gasteiger partial charge in [0.15, 0.2) is 0 Å². The standard InChI is InChI=1S/C11H15NO2.C2H6O/c1-3-12(4-2)11(14)9-7-5-6-8-10(9)13;1-2-3/h5-8,13H,3-4H2,1-2H3;3H,2H2,1H3. The number of carbonyl (C=O) groups excluding carboxylic acids is 1. The Morgan fingerprint density at radius 2 is 1.65 bits per heavy atom. The molecule has 0 aliphatic heterocycles. The Morgan fingerprint density at radius 1 is 1.18 bits per heavy atom. The monoisotopic (exact) mass is 239 g/mol. The van der Waals surface area contributed by atoms with E-state index in [0.717, 1.165) is 0 Å². The van der Waals surface area contributed by atoms with Gasteiger partial charge >= 0.3 is 0 Å². The van der Waals surface area contributed by atoms with Gasteiger partial charge in [-0.3, -0.25) is 4.79 Å². The van der Waals surface area contributed by atoms with Crippen LogP contribution in [0, 0.1) is 0 Å². The van der Waals surface area contributed by atoms with Crippen LogP contribution in [0.3, 0.4) is 0 Å². The van der Waals surface area contributed by atoms with Crippen molar-refractivity contribution in [1.82, 2.24) is 4.90 Å². The summed E-state index contributed by atoms with van der Waals surface area (Å²) in [6, 6.07) is 6.61. The van der Waals surface area contributed by atoms with Gasteiger partial charge in [-0.05, 0) is 32.9 Å². The number of phenolic OH excluding ortho intramolecular Hbond substituents is 1. The van der Waals surface area contributed by atoms with Crippen LogP contribution in [-0.4, -0.2) is 40.7 Å². The maximum absolute atomic E-state index is 11.8. The molecule has 0 bridgehead atoms. The van der Waals surface area contributed by atoms with Crippen LogP contribution in [0.4, 0.5) is 0 Å². The van der Waals surface area contributed by atoms with Gasteiger partial charge in [-0.15, -0.1) is 0 Å². The van der Waals surface area contributed by atoms with Crippen LogP contribution in [0.2, 0.25) is 0 Å². The van der Waals surface area contributed by atoms with Gasteiger partial charge in [-0.25, -0.2) is 0 Å². The first-order valence-electron chi connectivity index (χ1n) is 5.80. The summed E-state index contributed by atoms with van der Waals surface area (Å²) in [6.45, 7) is 7.08. The van der Waals surface area contributed by atoms with E-state index in [1.54, 1.807) is 30.0 Å². The van der Waals surface area contributed by atoms with Crippen molar-refractivity contribution < 1.29 is 15.0 Å². The highest BCUT2D eigenvalue weighted by Gasteiger charge is 2.14. The molecule has 4 nitrogen and oxygen atoms in total. The summed E-state index contributed by atoms with van der Waals surface area (Å²) in [7, 11) is 0. The van der Waals surface area contributed by atoms with Crippen LogP contribution >= 0.6 is 0 Å². The van der Waals surface area contributed by atoms with Gasteiger partial charge in [0, 0.05) is 19.7 Å². The minimum atomic E-state index is -0.117. The van der Waals surface area contributed by atoms with Crippen LogP contribution < -0.4 is 0 Å². The van der Waals surface area contributed by atoms with E-state index in [4.69, 9.17) is 5.11 Å².